The van der Waals surface area contributed by atoms with Gasteiger partial charge in [0.2, 0.25) is 5.91 Å². The number of nitrogens with one attached hydrogen (secondary N) is 2. The van der Waals surface area contributed by atoms with Gasteiger partial charge in [0.05, 0.1) is 6.04 Å². The molecule has 0 aliphatic heterocycles. The molecule has 1 amide bonds. The van der Waals surface area contributed by atoms with Gasteiger partial charge in [0.1, 0.15) is 0 Å². The monoisotopic (exact) mass is 209 g/mol. The summed E-state index contributed by atoms with van der Waals surface area (Å²) in [6, 6.07) is 1.52. The molecular weight excluding hydrogens is 190 g/mol. The molecule has 0 aliphatic carbocycles. The van der Waals surface area contributed by atoms with E-state index in [1.54, 1.807) is 0 Å². The Hall–Kier alpha value is -1.29. The lowest BCUT2D eigenvalue weighted by molar-refractivity contribution is -0.123. The van der Waals surface area contributed by atoms with Gasteiger partial charge in [-0.15, -0.1) is 0 Å². The van der Waals surface area contributed by atoms with E-state index in [-0.39, 0.29) is 11.8 Å². The molecule has 0 bridgehead atoms. The van der Waals surface area contributed by atoms with Crippen molar-refractivity contribution in [2.75, 3.05) is 0 Å². The highest BCUT2D eigenvalue weighted by molar-refractivity contribution is 5.81. The Kier molecular flexibility index (Phi) is 4.37. The number of hydrogen-bond acceptors (Lipinski definition) is 2. The van der Waals surface area contributed by atoms with Gasteiger partial charge in [0.15, 0.2) is 0 Å². The second-order valence-electron chi connectivity index (χ2n) is 3.85. The topological polar surface area (TPSA) is 70.9 Å². The lowest BCUT2D eigenvalue weighted by Gasteiger charge is -2.17. The van der Waals surface area contributed by atoms with Crippen LogP contribution in [0.4, 0.5) is 0 Å². The number of aromatic nitrogens is 1. The molecule has 1 heterocycles. The minimum absolute atomic E-state index is 0.0782. The summed E-state index contributed by atoms with van der Waals surface area (Å²) in [6.07, 6.45) is 4.60. The summed E-state index contributed by atoms with van der Waals surface area (Å²) in [5.41, 5.74) is 6.85. The van der Waals surface area contributed by atoms with Crippen LogP contribution in [0.1, 0.15) is 25.8 Å². The molecule has 4 N–H and O–H groups in total. The molecule has 84 valence electrons. The second kappa shape index (κ2) is 5.56. The van der Waals surface area contributed by atoms with Crippen LogP contribution in [-0.4, -0.2) is 16.9 Å². The molecular formula is C11H19N3O. The van der Waals surface area contributed by atoms with Crippen molar-refractivity contribution in [1.82, 2.24) is 10.3 Å². The normalized spacial score (nSPS) is 14.6. The van der Waals surface area contributed by atoms with E-state index < -0.39 is 6.04 Å². The van der Waals surface area contributed by atoms with Gasteiger partial charge in [0, 0.05) is 18.9 Å². The molecule has 15 heavy (non-hydrogen) atoms. The van der Waals surface area contributed by atoms with Crippen molar-refractivity contribution in [3.05, 3.63) is 24.0 Å². The van der Waals surface area contributed by atoms with E-state index in [9.17, 15) is 4.79 Å². The minimum atomic E-state index is -0.408. The van der Waals surface area contributed by atoms with Gasteiger partial charge in [-0.25, -0.2) is 0 Å². The summed E-state index contributed by atoms with van der Waals surface area (Å²) in [4.78, 5) is 14.5. The largest absolute Gasteiger partial charge is 0.367 e. The Morgan fingerprint density at radius 3 is 2.93 bits per heavy atom. The van der Waals surface area contributed by atoms with E-state index in [0.29, 0.717) is 6.54 Å². The molecule has 0 aromatic carbocycles. The van der Waals surface area contributed by atoms with Gasteiger partial charge < -0.3 is 16.0 Å². The van der Waals surface area contributed by atoms with E-state index in [0.717, 1.165) is 12.0 Å². The molecule has 0 saturated carbocycles. The number of amides is 1. The van der Waals surface area contributed by atoms with Gasteiger partial charge in [0.25, 0.3) is 0 Å². The summed E-state index contributed by atoms with van der Waals surface area (Å²) in [5.74, 6) is 0.141. The smallest absolute Gasteiger partial charge is 0.237 e. The molecule has 1 unspecified atom stereocenters. The van der Waals surface area contributed by atoms with Crippen LogP contribution in [0.2, 0.25) is 0 Å². The van der Waals surface area contributed by atoms with Crippen LogP contribution in [0.5, 0.6) is 0 Å². The Labute approximate surface area is 90.2 Å². The first-order valence-electron chi connectivity index (χ1n) is 5.30. The van der Waals surface area contributed by atoms with Crippen LogP contribution in [0.15, 0.2) is 18.5 Å². The highest BCUT2D eigenvalue weighted by Gasteiger charge is 2.18. The van der Waals surface area contributed by atoms with Crippen molar-refractivity contribution < 1.29 is 4.79 Å². The first-order chi connectivity index (χ1) is 7.15. The SMILES string of the molecule is CCC(C)[C@H](N)C(=O)NCc1cc[nH]c1. The van der Waals surface area contributed by atoms with Crippen molar-refractivity contribution in [3.8, 4) is 0 Å². The zero-order valence-electron chi connectivity index (χ0n) is 9.29. The Morgan fingerprint density at radius 1 is 1.67 bits per heavy atom. The first-order valence-corrected chi connectivity index (χ1v) is 5.30. The molecule has 1 aromatic rings. The van der Waals surface area contributed by atoms with Gasteiger partial charge in [-0.3, -0.25) is 4.79 Å². The molecule has 1 aromatic heterocycles. The number of rotatable bonds is 5. The molecule has 0 spiro atoms. The van der Waals surface area contributed by atoms with Gasteiger partial charge in [-0.05, 0) is 17.5 Å². The predicted molar refractivity (Wildman–Crippen MR) is 60.1 cm³/mol. The molecule has 0 fully saturated rings. The van der Waals surface area contributed by atoms with Crippen LogP contribution in [0, 0.1) is 5.92 Å². The minimum Gasteiger partial charge on any atom is -0.367 e. The Balaban J connectivity index is 2.36. The standard InChI is InChI=1S/C11H19N3O/c1-3-8(2)10(12)11(15)14-7-9-4-5-13-6-9/h4-6,8,10,13H,3,7,12H2,1-2H3,(H,14,15)/t8?,10-/m0/s1. The molecule has 0 radical (unpaired) electrons. The van der Waals surface area contributed by atoms with Crippen molar-refractivity contribution in [2.24, 2.45) is 11.7 Å². The van der Waals surface area contributed by atoms with E-state index in [4.69, 9.17) is 5.73 Å². The number of hydrogen-bond donors (Lipinski definition) is 3. The quantitative estimate of drug-likeness (QED) is 0.677. The van der Waals surface area contributed by atoms with Crippen molar-refractivity contribution in [3.63, 3.8) is 0 Å². The molecule has 0 saturated heterocycles. The van der Waals surface area contributed by atoms with Crippen LogP contribution in [0.3, 0.4) is 0 Å². The van der Waals surface area contributed by atoms with Gasteiger partial charge in [-0.2, -0.15) is 0 Å². The fourth-order valence-corrected chi connectivity index (χ4v) is 1.29. The average molecular weight is 209 g/mol. The maximum Gasteiger partial charge on any atom is 0.237 e. The summed E-state index contributed by atoms with van der Waals surface area (Å²) in [6.45, 7) is 4.55. The lowest BCUT2D eigenvalue weighted by Crippen LogP contribution is -2.44. The molecule has 4 heteroatoms. The molecule has 2 atom stereocenters. The van der Waals surface area contributed by atoms with Crippen molar-refractivity contribution >= 4 is 5.91 Å². The molecule has 4 nitrogen and oxygen atoms in total. The average Bonchev–Trinajstić information content (AvgIpc) is 2.76. The fourth-order valence-electron chi connectivity index (χ4n) is 1.29. The second-order valence-corrected chi connectivity index (χ2v) is 3.85. The molecule has 1 rings (SSSR count). The van der Waals surface area contributed by atoms with E-state index in [1.165, 1.54) is 0 Å². The highest BCUT2D eigenvalue weighted by Crippen LogP contribution is 2.05. The zero-order valence-corrected chi connectivity index (χ0v) is 9.29. The van der Waals surface area contributed by atoms with Crippen LogP contribution < -0.4 is 11.1 Å². The third-order valence-corrected chi connectivity index (χ3v) is 2.69. The first kappa shape index (κ1) is 11.8. The van der Waals surface area contributed by atoms with Crippen LogP contribution >= 0.6 is 0 Å². The fraction of sp³-hybridized carbons (Fsp3) is 0.545. The number of carbonyl (C=O) groups is 1. The van der Waals surface area contributed by atoms with Crippen LogP contribution in [0.25, 0.3) is 0 Å². The van der Waals surface area contributed by atoms with Crippen LogP contribution in [-0.2, 0) is 11.3 Å². The third kappa shape index (κ3) is 3.40. The van der Waals surface area contributed by atoms with Gasteiger partial charge >= 0.3 is 0 Å². The Morgan fingerprint density at radius 2 is 2.40 bits per heavy atom. The van der Waals surface area contributed by atoms with E-state index in [1.807, 2.05) is 32.3 Å². The van der Waals surface area contributed by atoms with E-state index >= 15 is 0 Å². The predicted octanol–water partition coefficient (Wildman–Crippen LogP) is 1.00. The summed E-state index contributed by atoms with van der Waals surface area (Å²) in [7, 11) is 0. The van der Waals surface area contributed by atoms with E-state index in [2.05, 4.69) is 10.3 Å². The van der Waals surface area contributed by atoms with Crippen molar-refractivity contribution in [1.29, 1.82) is 0 Å². The maximum absolute atomic E-state index is 11.6. The number of H-pyrrole nitrogens is 1. The maximum atomic E-state index is 11.6. The Bertz CT molecular complexity index is 295. The van der Waals surface area contributed by atoms with Gasteiger partial charge in [-0.1, -0.05) is 20.3 Å². The number of nitrogens with two attached hydrogens (primary N) is 1. The summed E-state index contributed by atoms with van der Waals surface area (Å²) < 4.78 is 0. The summed E-state index contributed by atoms with van der Waals surface area (Å²) >= 11 is 0. The third-order valence-electron chi connectivity index (χ3n) is 2.69. The zero-order chi connectivity index (χ0) is 11.3. The number of carbonyl (C=O) groups excluding carboxylic acids is 1. The van der Waals surface area contributed by atoms with Crippen molar-refractivity contribution in [2.45, 2.75) is 32.9 Å². The summed E-state index contributed by atoms with van der Waals surface area (Å²) in [5, 5.41) is 2.82. The highest BCUT2D eigenvalue weighted by atomic mass is 16.2. The molecule has 0 aliphatic rings. The number of aromatic amines is 1. The lowest BCUT2D eigenvalue weighted by atomic mass is 9.99.